The molecule has 0 aliphatic rings. The number of hydrogen-bond acceptors (Lipinski definition) is 5. The van der Waals surface area contributed by atoms with E-state index in [0.717, 1.165) is 11.3 Å². The zero-order chi connectivity index (χ0) is 18.6. The zero-order valence-electron chi connectivity index (χ0n) is 13.8. The maximum Gasteiger partial charge on any atom is 0.308 e. The summed E-state index contributed by atoms with van der Waals surface area (Å²) in [7, 11) is -0.211. The number of sulfonamides is 1. The molecule has 0 amide bonds. The summed E-state index contributed by atoms with van der Waals surface area (Å²) < 4.78 is 40.8. The topological polar surface area (TPSA) is 86.7 Å². The van der Waals surface area contributed by atoms with Crippen molar-refractivity contribution in [3.8, 4) is 0 Å². The van der Waals surface area contributed by atoms with Gasteiger partial charge in [0, 0.05) is 17.5 Å². The normalized spacial score (nSPS) is 13.1. The Hall–Kier alpha value is -1.81. The molecule has 6 nitrogen and oxygen atoms in total. The number of benzene rings is 1. The highest BCUT2D eigenvalue weighted by molar-refractivity contribution is 7.91. The van der Waals surface area contributed by atoms with Crippen LogP contribution in [0.1, 0.15) is 16.5 Å². The van der Waals surface area contributed by atoms with Crippen LogP contribution in [0.4, 0.5) is 4.39 Å². The van der Waals surface area contributed by atoms with Gasteiger partial charge < -0.3 is 10.0 Å². The molecule has 2 aromatic rings. The van der Waals surface area contributed by atoms with E-state index in [1.165, 1.54) is 24.3 Å². The summed E-state index contributed by atoms with van der Waals surface area (Å²) in [6, 6.07) is 8.54. The first-order valence-corrected chi connectivity index (χ1v) is 9.71. The first-order valence-electron chi connectivity index (χ1n) is 7.41. The van der Waals surface area contributed by atoms with E-state index in [4.69, 9.17) is 5.11 Å². The van der Waals surface area contributed by atoms with Crippen LogP contribution >= 0.6 is 11.3 Å². The number of nitrogens with zero attached hydrogens (tertiary/aromatic N) is 1. The number of rotatable bonds is 8. The minimum Gasteiger partial charge on any atom is -0.481 e. The monoisotopic (exact) mass is 386 g/mol. The van der Waals surface area contributed by atoms with Crippen molar-refractivity contribution in [2.24, 2.45) is 0 Å². The lowest BCUT2D eigenvalue weighted by atomic mass is 10.1. The third kappa shape index (κ3) is 5.33. The van der Waals surface area contributed by atoms with Crippen LogP contribution in [-0.4, -0.2) is 45.0 Å². The lowest BCUT2D eigenvalue weighted by Crippen LogP contribution is -2.34. The van der Waals surface area contributed by atoms with Crippen LogP contribution in [-0.2, 0) is 21.2 Å². The maximum atomic E-state index is 13.4. The van der Waals surface area contributed by atoms with Crippen molar-refractivity contribution in [3.63, 3.8) is 0 Å². The summed E-state index contributed by atoms with van der Waals surface area (Å²) >= 11 is 0.922. The molecule has 0 aliphatic carbocycles. The smallest absolute Gasteiger partial charge is 0.308 e. The van der Waals surface area contributed by atoms with E-state index in [1.54, 1.807) is 31.1 Å². The third-order valence-corrected chi connectivity index (χ3v) is 6.55. The second-order valence-electron chi connectivity index (χ2n) is 5.68. The zero-order valence-corrected chi connectivity index (χ0v) is 15.4. The fraction of sp³-hybridized carbons (Fsp3) is 0.312. The Bertz CT molecular complexity index is 849. The van der Waals surface area contributed by atoms with Crippen molar-refractivity contribution in [2.45, 2.75) is 16.7 Å². The number of hydrogen-bond donors (Lipinski definition) is 2. The molecule has 1 heterocycles. The first kappa shape index (κ1) is 19.5. The summed E-state index contributed by atoms with van der Waals surface area (Å²) in [5.74, 6) is -1.40. The van der Waals surface area contributed by atoms with Crippen molar-refractivity contribution < 1.29 is 22.7 Å². The van der Waals surface area contributed by atoms with Crippen LogP contribution in [0.25, 0.3) is 0 Å². The van der Waals surface area contributed by atoms with E-state index in [-0.39, 0.29) is 29.0 Å². The van der Waals surface area contributed by atoms with Crippen molar-refractivity contribution in [1.82, 2.24) is 9.62 Å². The average Bonchev–Trinajstić information content (AvgIpc) is 2.95. The van der Waals surface area contributed by atoms with E-state index in [1.807, 2.05) is 0 Å². The van der Waals surface area contributed by atoms with Crippen molar-refractivity contribution >= 4 is 27.3 Å². The number of thiophene rings is 1. The van der Waals surface area contributed by atoms with Crippen LogP contribution in [0.15, 0.2) is 40.6 Å². The standard InChI is InChI=1S/C16H19FN2O4S2/c1-19(2)14(11-4-3-5-12(17)8-11)10-18-25(22,23)16-7-6-13(24-16)9-15(20)21/h3-8,14,18H,9-10H2,1-2H3,(H,20,21). The van der Waals surface area contributed by atoms with Crippen molar-refractivity contribution in [2.75, 3.05) is 20.6 Å². The van der Waals surface area contributed by atoms with E-state index in [2.05, 4.69) is 4.72 Å². The van der Waals surface area contributed by atoms with Gasteiger partial charge in [0.15, 0.2) is 0 Å². The van der Waals surface area contributed by atoms with Crippen LogP contribution in [0.2, 0.25) is 0 Å². The van der Waals surface area contributed by atoms with Gasteiger partial charge in [-0.25, -0.2) is 17.5 Å². The second-order valence-corrected chi connectivity index (χ2v) is 8.84. The van der Waals surface area contributed by atoms with Crippen molar-refractivity contribution in [3.05, 3.63) is 52.7 Å². The molecular formula is C16H19FN2O4S2. The van der Waals surface area contributed by atoms with Gasteiger partial charge in [-0.3, -0.25) is 4.79 Å². The molecule has 0 aliphatic heterocycles. The average molecular weight is 386 g/mol. The number of aliphatic carboxylic acids is 1. The second kappa shape index (κ2) is 8.05. The fourth-order valence-electron chi connectivity index (χ4n) is 2.32. The highest BCUT2D eigenvalue weighted by Gasteiger charge is 2.21. The molecule has 25 heavy (non-hydrogen) atoms. The molecule has 1 unspecified atom stereocenters. The molecule has 2 N–H and O–H groups in total. The van der Waals surface area contributed by atoms with Gasteiger partial charge in [-0.15, -0.1) is 11.3 Å². The molecule has 0 spiro atoms. The fourth-order valence-corrected chi connectivity index (χ4v) is 4.75. The highest BCUT2D eigenvalue weighted by atomic mass is 32.2. The molecule has 2 rings (SSSR count). The number of carboxylic acids is 1. The van der Waals surface area contributed by atoms with Crippen LogP contribution < -0.4 is 4.72 Å². The summed E-state index contributed by atoms with van der Waals surface area (Å²) in [5, 5.41) is 8.77. The molecule has 0 saturated heterocycles. The van der Waals surface area contributed by atoms with E-state index in [9.17, 15) is 17.6 Å². The van der Waals surface area contributed by atoms with E-state index in [0.29, 0.717) is 10.4 Å². The van der Waals surface area contributed by atoms with Gasteiger partial charge in [0.25, 0.3) is 0 Å². The molecule has 1 atom stereocenters. The molecular weight excluding hydrogens is 367 g/mol. The molecule has 0 saturated carbocycles. The summed E-state index contributed by atoms with van der Waals surface area (Å²) in [6.45, 7) is 0.0605. The Morgan fingerprint density at radius 1 is 1.32 bits per heavy atom. The molecule has 136 valence electrons. The van der Waals surface area contributed by atoms with Gasteiger partial charge in [0.1, 0.15) is 10.0 Å². The minimum absolute atomic E-state index is 0.0560. The van der Waals surface area contributed by atoms with Crippen LogP contribution in [0, 0.1) is 5.82 Å². The largest absolute Gasteiger partial charge is 0.481 e. The predicted octanol–water partition coefficient (Wildman–Crippen LogP) is 2.10. The van der Waals surface area contributed by atoms with Gasteiger partial charge >= 0.3 is 5.97 Å². The molecule has 0 fully saturated rings. The number of likely N-dealkylation sites (N-methyl/N-ethyl adjacent to an activating group) is 1. The number of carboxylic acid groups (broad SMARTS) is 1. The molecule has 0 bridgehead atoms. The predicted molar refractivity (Wildman–Crippen MR) is 93.7 cm³/mol. The Kier molecular flexibility index (Phi) is 6.28. The molecule has 1 aromatic heterocycles. The molecule has 9 heteroatoms. The Balaban J connectivity index is 2.13. The molecule has 0 radical (unpaired) electrons. The quantitative estimate of drug-likeness (QED) is 0.726. The number of carbonyl (C=O) groups is 1. The van der Waals surface area contributed by atoms with Crippen LogP contribution in [0.3, 0.4) is 0 Å². The van der Waals surface area contributed by atoms with Gasteiger partial charge in [-0.05, 0) is 43.9 Å². The van der Waals surface area contributed by atoms with Gasteiger partial charge in [0.05, 0.1) is 6.42 Å². The lowest BCUT2D eigenvalue weighted by Gasteiger charge is -2.25. The maximum absolute atomic E-state index is 13.4. The van der Waals surface area contributed by atoms with Crippen LogP contribution in [0.5, 0.6) is 0 Å². The molecule has 1 aromatic carbocycles. The Labute approximate surface area is 150 Å². The SMILES string of the molecule is CN(C)C(CNS(=O)(=O)c1ccc(CC(=O)O)s1)c1cccc(F)c1. The summed E-state index contributed by atoms with van der Waals surface area (Å²) in [6.07, 6.45) is -0.218. The Morgan fingerprint density at radius 2 is 2.04 bits per heavy atom. The Morgan fingerprint density at radius 3 is 2.64 bits per heavy atom. The van der Waals surface area contributed by atoms with Crippen molar-refractivity contribution in [1.29, 1.82) is 0 Å². The van der Waals surface area contributed by atoms with Gasteiger partial charge in [0.2, 0.25) is 10.0 Å². The first-order chi connectivity index (χ1) is 11.7. The summed E-state index contributed by atoms with van der Waals surface area (Å²) in [4.78, 5) is 13.0. The summed E-state index contributed by atoms with van der Waals surface area (Å²) in [5.41, 5.74) is 0.658. The van der Waals surface area contributed by atoms with Gasteiger partial charge in [-0.1, -0.05) is 12.1 Å². The lowest BCUT2D eigenvalue weighted by molar-refractivity contribution is -0.136. The minimum atomic E-state index is -3.77. The highest BCUT2D eigenvalue weighted by Crippen LogP contribution is 2.23. The third-order valence-electron chi connectivity index (χ3n) is 3.55. The number of halogens is 1. The number of nitrogens with one attached hydrogen (secondary N) is 1. The van der Waals surface area contributed by atoms with E-state index >= 15 is 0 Å². The van der Waals surface area contributed by atoms with E-state index < -0.39 is 16.0 Å². The van der Waals surface area contributed by atoms with Gasteiger partial charge in [-0.2, -0.15) is 0 Å².